The molecular weight excluding hydrogens is 370 g/mol. The molecule has 1 amide bonds. The zero-order valence-electron chi connectivity index (χ0n) is 15.8. The highest BCUT2D eigenvalue weighted by Crippen LogP contribution is 2.22. The molecule has 1 saturated heterocycles. The molecule has 3 heterocycles. The van der Waals surface area contributed by atoms with Gasteiger partial charge in [-0.25, -0.2) is 4.98 Å². The molecule has 1 aliphatic heterocycles. The van der Waals surface area contributed by atoms with Crippen molar-refractivity contribution < 1.29 is 4.79 Å². The molecule has 28 heavy (non-hydrogen) atoms. The van der Waals surface area contributed by atoms with E-state index in [4.69, 9.17) is 0 Å². The number of aromatic nitrogens is 3. The fourth-order valence-corrected chi connectivity index (χ4v) is 4.42. The molecule has 2 N–H and O–H groups in total. The van der Waals surface area contributed by atoms with Crippen LogP contribution < -0.4 is 10.6 Å². The standard InChI is InChI=1S/C21H25N5OS/c27-20(14-26-19(8-10-24-26)17-7-4-9-22-12-17)23-13-18-15-28-21(25-18)11-16-5-2-1-3-6-16/h1-3,5-6,8,10,15,17,22H,4,7,9,11-14H2,(H,23,27). The molecule has 1 aromatic carbocycles. The number of benzene rings is 1. The van der Waals surface area contributed by atoms with Gasteiger partial charge in [-0.1, -0.05) is 30.3 Å². The molecule has 1 atom stereocenters. The molecule has 146 valence electrons. The first-order valence-corrected chi connectivity index (χ1v) is 10.6. The van der Waals surface area contributed by atoms with Gasteiger partial charge in [0.1, 0.15) is 6.54 Å². The third kappa shape index (κ3) is 4.85. The van der Waals surface area contributed by atoms with Gasteiger partial charge in [-0.2, -0.15) is 5.10 Å². The minimum atomic E-state index is -0.0358. The summed E-state index contributed by atoms with van der Waals surface area (Å²) in [5.74, 6) is 0.398. The summed E-state index contributed by atoms with van der Waals surface area (Å²) in [4.78, 5) is 17.0. The zero-order chi connectivity index (χ0) is 19.2. The summed E-state index contributed by atoms with van der Waals surface area (Å²) in [6.45, 7) is 2.73. The Labute approximate surface area is 169 Å². The van der Waals surface area contributed by atoms with Crippen LogP contribution in [0.3, 0.4) is 0 Å². The number of amides is 1. The minimum absolute atomic E-state index is 0.0358. The Balaban J connectivity index is 1.29. The minimum Gasteiger partial charge on any atom is -0.349 e. The van der Waals surface area contributed by atoms with E-state index in [0.717, 1.165) is 48.7 Å². The number of hydrogen-bond donors (Lipinski definition) is 2. The molecule has 2 aromatic heterocycles. The predicted molar refractivity (Wildman–Crippen MR) is 110 cm³/mol. The second-order valence-electron chi connectivity index (χ2n) is 7.13. The highest BCUT2D eigenvalue weighted by atomic mass is 32.1. The molecule has 0 aliphatic carbocycles. The SMILES string of the molecule is O=C(Cn1nccc1C1CCCNC1)NCc1csc(Cc2ccccc2)n1. The molecule has 0 spiro atoms. The summed E-state index contributed by atoms with van der Waals surface area (Å²) in [6, 6.07) is 12.3. The van der Waals surface area contributed by atoms with Crippen molar-refractivity contribution in [2.45, 2.75) is 38.3 Å². The highest BCUT2D eigenvalue weighted by molar-refractivity contribution is 7.09. The number of thiazole rings is 1. The van der Waals surface area contributed by atoms with Crippen LogP contribution >= 0.6 is 11.3 Å². The van der Waals surface area contributed by atoms with Crippen LogP contribution in [0, 0.1) is 0 Å². The van der Waals surface area contributed by atoms with Gasteiger partial charge in [-0.15, -0.1) is 11.3 Å². The van der Waals surface area contributed by atoms with E-state index < -0.39 is 0 Å². The lowest BCUT2D eigenvalue weighted by molar-refractivity contribution is -0.122. The zero-order valence-corrected chi connectivity index (χ0v) is 16.6. The summed E-state index contributed by atoms with van der Waals surface area (Å²) >= 11 is 1.64. The van der Waals surface area contributed by atoms with Gasteiger partial charge in [0.05, 0.1) is 17.2 Å². The third-order valence-electron chi connectivity index (χ3n) is 5.02. The van der Waals surface area contributed by atoms with Crippen molar-refractivity contribution in [2.75, 3.05) is 13.1 Å². The van der Waals surface area contributed by atoms with Crippen LogP contribution in [0.1, 0.15) is 40.7 Å². The maximum atomic E-state index is 12.4. The van der Waals surface area contributed by atoms with Gasteiger partial charge in [0.15, 0.2) is 0 Å². The Morgan fingerprint density at radius 1 is 1.29 bits per heavy atom. The molecule has 7 heteroatoms. The number of carbonyl (C=O) groups is 1. The monoisotopic (exact) mass is 395 g/mol. The van der Waals surface area contributed by atoms with Crippen LogP contribution in [0.4, 0.5) is 0 Å². The quantitative estimate of drug-likeness (QED) is 0.645. The number of piperidine rings is 1. The van der Waals surface area contributed by atoms with E-state index in [1.54, 1.807) is 17.5 Å². The smallest absolute Gasteiger partial charge is 0.242 e. The van der Waals surface area contributed by atoms with E-state index in [0.29, 0.717) is 12.5 Å². The van der Waals surface area contributed by atoms with E-state index >= 15 is 0 Å². The number of nitrogens with one attached hydrogen (secondary N) is 2. The van der Waals surface area contributed by atoms with Crippen LogP contribution in [0.25, 0.3) is 0 Å². The van der Waals surface area contributed by atoms with E-state index in [2.05, 4.69) is 32.8 Å². The van der Waals surface area contributed by atoms with Crippen molar-refractivity contribution in [1.29, 1.82) is 0 Å². The number of carbonyl (C=O) groups excluding carboxylic acids is 1. The Bertz CT molecular complexity index is 898. The first kappa shape index (κ1) is 18.8. The highest BCUT2D eigenvalue weighted by Gasteiger charge is 2.19. The van der Waals surface area contributed by atoms with Crippen molar-refractivity contribution >= 4 is 17.2 Å². The van der Waals surface area contributed by atoms with Crippen LogP contribution in [-0.4, -0.2) is 33.8 Å². The number of hydrogen-bond acceptors (Lipinski definition) is 5. The number of rotatable bonds is 7. The van der Waals surface area contributed by atoms with Gasteiger partial charge in [0, 0.05) is 36.2 Å². The molecule has 6 nitrogen and oxygen atoms in total. The van der Waals surface area contributed by atoms with Gasteiger partial charge in [-0.3, -0.25) is 9.48 Å². The van der Waals surface area contributed by atoms with Crippen molar-refractivity contribution in [3.8, 4) is 0 Å². The molecule has 0 saturated carbocycles. The molecule has 1 aliphatic rings. The molecule has 0 bridgehead atoms. The summed E-state index contributed by atoms with van der Waals surface area (Å²) in [5.41, 5.74) is 3.29. The Kier molecular flexibility index (Phi) is 6.14. The summed E-state index contributed by atoms with van der Waals surface area (Å²) in [7, 11) is 0. The first-order valence-electron chi connectivity index (χ1n) is 9.74. The molecule has 4 rings (SSSR count). The van der Waals surface area contributed by atoms with Crippen LogP contribution in [0.2, 0.25) is 0 Å². The van der Waals surface area contributed by atoms with E-state index in [1.165, 1.54) is 5.56 Å². The second kappa shape index (κ2) is 9.12. The predicted octanol–water partition coefficient (Wildman–Crippen LogP) is 2.71. The fraction of sp³-hybridized carbons (Fsp3) is 0.381. The number of nitrogens with zero attached hydrogens (tertiary/aromatic N) is 3. The third-order valence-corrected chi connectivity index (χ3v) is 5.92. The van der Waals surface area contributed by atoms with Gasteiger partial charge in [0.2, 0.25) is 5.91 Å². The molecule has 0 radical (unpaired) electrons. The van der Waals surface area contributed by atoms with Crippen molar-refractivity contribution in [2.24, 2.45) is 0 Å². The van der Waals surface area contributed by atoms with Crippen LogP contribution in [-0.2, 0) is 24.3 Å². The molecule has 1 unspecified atom stereocenters. The van der Waals surface area contributed by atoms with E-state index in [9.17, 15) is 4.79 Å². The Hall–Kier alpha value is -2.51. The lowest BCUT2D eigenvalue weighted by atomic mass is 9.96. The lowest BCUT2D eigenvalue weighted by Crippen LogP contribution is -2.32. The normalized spacial score (nSPS) is 16.8. The van der Waals surface area contributed by atoms with Gasteiger partial charge in [0.25, 0.3) is 0 Å². The van der Waals surface area contributed by atoms with Crippen molar-refractivity contribution in [1.82, 2.24) is 25.4 Å². The summed E-state index contributed by atoms with van der Waals surface area (Å²) in [6.07, 6.45) is 4.92. The lowest BCUT2D eigenvalue weighted by Gasteiger charge is -2.23. The average Bonchev–Trinajstić information content (AvgIpc) is 3.37. The first-order chi connectivity index (χ1) is 13.8. The molecule has 3 aromatic rings. The fourth-order valence-electron chi connectivity index (χ4n) is 3.59. The largest absolute Gasteiger partial charge is 0.349 e. The van der Waals surface area contributed by atoms with Crippen LogP contribution in [0.15, 0.2) is 48.0 Å². The van der Waals surface area contributed by atoms with Gasteiger partial charge in [-0.05, 0) is 31.0 Å². The van der Waals surface area contributed by atoms with E-state index in [-0.39, 0.29) is 12.5 Å². The van der Waals surface area contributed by atoms with Crippen molar-refractivity contribution in [3.05, 3.63) is 69.9 Å². The second-order valence-corrected chi connectivity index (χ2v) is 8.07. The Morgan fingerprint density at radius 3 is 3.00 bits per heavy atom. The molecular formula is C21H25N5OS. The topological polar surface area (TPSA) is 71.8 Å². The maximum Gasteiger partial charge on any atom is 0.242 e. The van der Waals surface area contributed by atoms with Gasteiger partial charge >= 0.3 is 0 Å². The summed E-state index contributed by atoms with van der Waals surface area (Å²) in [5, 5.41) is 13.8. The summed E-state index contributed by atoms with van der Waals surface area (Å²) < 4.78 is 1.83. The van der Waals surface area contributed by atoms with E-state index in [1.807, 2.05) is 34.3 Å². The van der Waals surface area contributed by atoms with Gasteiger partial charge < -0.3 is 10.6 Å². The maximum absolute atomic E-state index is 12.4. The van der Waals surface area contributed by atoms with Crippen molar-refractivity contribution in [3.63, 3.8) is 0 Å². The Morgan fingerprint density at radius 2 is 2.18 bits per heavy atom. The average molecular weight is 396 g/mol. The molecule has 1 fully saturated rings. The van der Waals surface area contributed by atoms with Crippen LogP contribution in [0.5, 0.6) is 0 Å².